The summed E-state index contributed by atoms with van der Waals surface area (Å²) in [5.74, 6) is 0.478. The van der Waals surface area contributed by atoms with E-state index in [-0.39, 0.29) is 5.91 Å². The van der Waals surface area contributed by atoms with Gasteiger partial charge in [0.1, 0.15) is 0 Å². The Morgan fingerprint density at radius 3 is 2.95 bits per heavy atom. The molecular formula is C16H25N3O. The van der Waals surface area contributed by atoms with Gasteiger partial charge in [-0.2, -0.15) is 0 Å². The molecule has 0 bridgehead atoms. The molecule has 0 spiro atoms. The van der Waals surface area contributed by atoms with Crippen LogP contribution < -0.4 is 10.6 Å². The van der Waals surface area contributed by atoms with Crippen LogP contribution in [0.25, 0.3) is 0 Å². The van der Waals surface area contributed by atoms with Gasteiger partial charge in [0.2, 0.25) is 5.91 Å². The Morgan fingerprint density at radius 1 is 1.35 bits per heavy atom. The minimum Gasteiger partial charge on any atom is -0.384 e. The van der Waals surface area contributed by atoms with Crippen molar-refractivity contribution in [2.75, 3.05) is 39.0 Å². The second-order valence-electron chi connectivity index (χ2n) is 5.73. The van der Waals surface area contributed by atoms with Crippen LogP contribution in [0.2, 0.25) is 0 Å². The standard InChI is InChI=1S/C16H25N3O/c1-19(2)10-6-5-9-17-16(20)11-13-12-18-15-8-4-3-7-14(13)15/h3-4,7-8,13,18H,5-6,9-12H2,1-2H3,(H,17,20). The lowest BCUT2D eigenvalue weighted by Gasteiger charge is -2.11. The second kappa shape index (κ2) is 7.29. The van der Waals surface area contributed by atoms with Gasteiger partial charge in [0.15, 0.2) is 0 Å². The van der Waals surface area contributed by atoms with Gasteiger partial charge in [-0.3, -0.25) is 4.79 Å². The average molecular weight is 275 g/mol. The number of unbranched alkanes of at least 4 members (excludes halogenated alkanes) is 1. The molecule has 1 aromatic carbocycles. The summed E-state index contributed by atoms with van der Waals surface area (Å²) in [6.45, 7) is 2.73. The van der Waals surface area contributed by atoms with Crippen LogP contribution in [-0.4, -0.2) is 44.5 Å². The fraction of sp³-hybridized carbons (Fsp3) is 0.562. The number of hydrogen-bond donors (Lipinski definition) is 2. The first-order chi connectivity index (χ1) is 9.66. The molecule has 110 valence electrons. The predicted molar refractivity (Wildman–Crippen MR) is 83.1 cm³/mol. The maximum absolute atomic E-state index is 12.0. The summed E-state index contributed by atoms with van der Waals surface area (Å²) in [5.41, 5.74) is 2.45. The molecule has 1 aliphatic rings. The highest BCUT2D eigenvalue weighted by molar-refractivity contribution is 5.78. The Labute approximate surface area is 121 Å². The number of carbonyl (C=O) groups excluding carboxylic acids is 1. The minimum atomic E-state index is 0.165. The third-order valence-corrected chi connectivity index (χ3v) is 3.73. The van der Waals surface area contributed by atoms with Gasteiger partial charge in [-0.05, 0) is 45.1 Å². The molecule has 0 aromatic heterocycles. The first-order valence-electron chi connectivity index (χ1n) is 7.41. The average Bonchev–Trinajstić information content (AvgIpc) is 2.81. The van der Waals surface area contributed by atoms with E-state index in [0.717, 1.165) is 32.5 Å². The third kappa shape index (κ3) is 4.23. The molecule has 0 radical (unpaired) electrons. The summed E-state index contributed by atoms with van der Waals surface area (Å²) in [5, 5.41) is 6.39. The summed E-state index contributed by atoms with van der Waals surface area (Å²) in [7, 11) is 4.15. The first-order valence-corrected chi connectivity index (χ1v) is 7.41. The lowest BCUT2D eigenvalue weighted by molar-refractivity contribution is -0.121. The molecule has 1 atom stereocenters. The maximum Gasteiger partial charge on any atom is 0.220 e. The van der Waals surface area contributed by atoms with E-state index in [1.54, 1.807) is 0 Å². The number of carbonyl (C=O) groups is 1. The van der Waals surface area contributed by atoms with Gasteiger partial charge < -0.3 is 15.5 Å². The van der Waals surface area contributed by atoms with Crippen molar-refractivity contribution in [3.63, 3.8) is 0 Å². The molecule has 0 saturated heterocycles. The number of amides is 1. The monoisotopic (exact) mass is 275 g/mol. The number of hydrogen-bond acceptors (Lipinski definition) is 3. The second-order valence-corrected chi connectivity index (χ2v) is 5.73. The molecule has 20 heavy (non-hydrogen) atoms. The molecule has 1 unspecified atom stereocenters. The molecular weight excluding hydrogens is 250 g/mol. The third-order valence-electron chi connectivity index (χ3n) is 3.73. The maximum atomic E-state index is 12.0. The topological polar surface area (TPSA) is 44.4 Å². The Morgan fingerprint density at radius 2 is 2.15 bits per heavy atom. The van der Waals surface area contributed by atoms with Crippen molar-refractivity contribution in [2.45, 2.75) is 25.2 Å². The zero-order valence-corrected chi connectivity index (χ0v) is 12.5. The minimum absolute atomic E-state index is 0.165. The number of fused-ring (bicyclic) bond motifs is 1. The smallest absolute Gasteiger partial charge is 0.220 e. The van der Waals surface area contributed by atoms with Crippen molar-refractivity contribution in [1.82, 2.24) is 10.2 Å². The van der Waals surface area contributed by atoms with Gasteiger partial charge >= 0.3 is 0 Å². The van der Waals surface area contributed by atoms with Crippen molar-refractivity contribution < 1.29 is 4.79 Å². The first kappa shape index (κ1) is 14.9. The quantitative estimate of drug-likeness (QED) is 0.749. The van der Waals surface area contributed by atoms with Crippen molar-refractivity contribution in [3.8, 4) is 0 Å². The molecule has 1 heterocycles. The molecule has 0 aliphatic carbocycles. The Bertz CT molecular complexity index is 445. The van der Waals surface area contributed by atoms with Gasteiger partial charge in [-0.15, -0.1) is 0 Å². The van der Waals surface area contributed by atoms with Crippen LogP contribution in [0.1, 0.15) is 30.7 Å². The van der Waals surface area contributed by atoms with Crippen LogP contribution in [0, 0.1) is 0 Å². The van der Waals surface area contributed by atoms with E-state index in [0.29, 0.717) is 12.3 Å². The van der Waals surface area contributed by atoms with Crippen LogP contribution in [-0.2, 0) is 4.79 Å². The lowest BCUT2D eigenvalue weighted by Crippen LogP contribution is -2.27. The molecule has 2 N–H and O–H groups in total. The molecule has 4 nitrogen and oxygen atoms in total. The number of nitrogens with one attached hydrogen (secondary N) is 2. The Hall–Kier alpha value is -1.55. The van der Waals surface area contributed by atoms with Crippen molar-refractivity contribution >= 4 is 11.6 Å². The predicted octanol–water partition coefficient (Wildman–Crippen LogP) is 2.04. The van der Waals surface area contributed by atoms with Crippen molar-refractivity contribution in [1.29, 1.82) is 0 Å². The molecule has 0 saturated carbocycles. The van der Waals surface area contributed by atoms with E-state index in [9.17, 15) is 4.79 Å². The van der Waals surface area contributed by atoms with Crippen LogP contribution in [0.4, 0.5) is 5.69 Å². The summed E-state index contributed by atoms with van der Waals surface area (Å²) in [6.07, 6.45) is 2.75. The zero-order valence-electron chi connectivity index (χ0n) is 12.5. The van der Waals surface area contributed by atoms with E-state index in [4.69, 9.17) is 0 Å². The van der Waals surface area contributed by atoms with Gasteiger partial charge in [0.25, 0.3) is 0 Å². The van der Waals surface area contributed by atoms with E-state index in [1.807, 2.05) is 12.1 Å². The van der Waals surface area contributed by atoms with Crippen molar-refractivity contribution in [3.05, 3.63) is 29.8 Å². The summed E-state index contributed by atoms with van der Waals surface area (Å²) < 4.78 is 0. The highest BCUT2D eigenvalue weighted by Crippen LogP contribution is 2.32. The summed E-state index contributed by atoms with van der Waals surface area (Å²) in [6, 6.07) is 8.26. The van der Waals surface area contributed by atoms with Crippen LogP contribution in [0.3, 0.4) is 0 Å². The van der Waals surface area contributed by atoms with Crippen molar-refractivity contribution in [2.24, 2.45) is 0 Å². The molecule has 1 aliphatic heterocycles. The Kier molecular flexibility index (Phi) is 5.41. The lowest BCUT2D eigenvalue weighted by atomic mass is 9.97. The highest BCUT2D eigenvalue weighted by Gasteiger charge is 2.23. The number of rotatable bonds is 7. The number of nitrogens with zero attached hydrogens (tertiary/aromatic N) is 1. The van der Waals surface area contributed by atoms with E-state index in [1.165, 1.54) is 11.3 Å². The summed E-state index contributed by atoms with van der Waals surface area (Å²) in [4.78, 5) is 14.1. The largest absolute Gasteiger partial charge is 0.384 e. The van der Waals surface area contributed by atoms with E-state index in [2.05, 4.69) is 41.8 Å². The Balaban J connectivity index is 1.68. The zero-order chi connectivity index (χ0) is 14.4. The summed E-state index contributed by atoms with van der Waals surface area (Å²) >= 11 is 0. The van der Waals surface area contributed by atoms with Crippen LogP contribution in [0.15, 0.2) is 24.3 Å². The van der Waals surface area contributed by atoms with Gasteiger partial charge in [-0.25, -0.2) is 0 Å². The molecule has 1 aromatic rings. The van der Waals surface area contributed by atoms with Crippen LogP contribution >= 0.6 is 0 Å². The fourth-order valence-electron chi connectivity index (χ4n) is 2.62. The normalized spacial score (nSPS) is 16.9. The van der Waals surface area contributed by atoms with E-state index >= 15 is 0 Å². The van der Waals surface area contributed by atoms with Gasteiger partial charge in [0.05, 0.1) is 0 Å². The molecule has 4 heteroatoms. The van der Waals surface area contributed by atoms with Gasteiger partial charge in [-0.1, -0.05) is 18.2 Å². The molecule has 2 rings (SSSR count). The number of anilines is 1. The highest BCUT2D eigenvalue weighted by atomic mass is 16.1. The van der Waals surface area contributed by atoms with Gasteiger partial charge in [0, 0.05) is 31.1 Å². The van der Waals surface area contributed by atoms with Crippen LogP contribution in [0.5, 0.6) is 0 Å². The number of benzene rings is 1. The molecule has 0 fully saturated rings. The van der Waals surface area contributed by atoms with E-state index < -0.39 is 0 Å². The SMILES string of the molecule is CN(C)CCCCNC(=O)CC1CNc2ccccc21. The fourth-order valence-corrected chi connectivity index (χ4v) is 2.62. The molecule has 1 amide bonds. The number of para-hydroxylation sites is 1.